The van der Waals surface area contributed by atoms with Crippen molar-refractivity contribution in [1.29, 1.82) is 0 Å². The zero-order valence-corrected chi connectivity index (χ0v) is 19.4. The highest BCUT2D eigenvalue weighted by atomic mass is 16.3. The van der Waals surface area contributed by atoms with Crippen molar-refractivity contribution in [2.75, 3.05) is 7.05 Å². The Kier molecular flexibility index (Phi) is 4.72. The van der Waals surface area contributed by atoms with Crippen LogP contribution in [-0.2, 0) is 0 Å². The average Bonchev–Trinajstić information content (AvgIpc) is 3.55. The molecule has 0 bridgehead atoms. The Morgan fingerprint density at radius 2 is 1.94 bits per heavy atom. The first kappa shape index (κ1) is 20.6. The quantitative estimate of drug-likeness (QED) is 0.349. The zero-order chi connectivity index (χ0) is 23.4. The lowest BCUT2D eigenvalue weighted by Crippen LogP contribution is -2.30. The Labute approximate surface area is 197 Å². The van der Waals surface area contributed by atoms with Gasteiger partial charge in [-0.3, -0.25) is 4.79 Å². The van der Waals surface area contributed by atoms with Crippen LogP contribution in [0.25, 0.3) is 27.8 Å². The number of amides is 1. The number of hydrogen-bond donors (Lipinski definition) is 0. The van der Waals surface area contributed by atoms with Crippen molar-refractivity contribution in [3.63, 3.8) is 0 Å². The topological polar surface area (TPSA) is 77.1 Å². The summed E-state index contributed by atoms with van der Waals surface area (Å²) in [5.41, 5.74) is 3.81. The Bertz CT molecular complexity index is 1500. The number of benzene rings is 1. The van der Waals surface area contributed by atoms with E-state index in [1.165, 1.54) is 0 Å². The predicted molar refractivity (Wildman–Crippen MR) is 130 cm³/mol. The summed E-state index contributed by atoms with van der Waals surface area (Å²) < 4.78 is 7.80. The third-order valence-electron chi connectivity index (χ3n) is 6.68. The van der Waals surface area contributed by atoms with Crippen molar-refractivity contribution in [2.45, 2.75) is 38.6 Å². The van der Waals surface area contributed by atoms with E-state index in [-0.39, 0.29) is 11.9 Å². The number of furan rings is 1. The minimum absolute atomic E-state index is 0.0778. The Balaban J connectivity index is 1.45. The molecule has 6 rings (SSSR count). The standard InChI is InChI=1S/C27H25N5O2/c1-16-25-20(27(33)31(3)17(2)23-14-19-8-4-5-9-22(19)34-23)15-21(18-11-12-18)29-26(25)32(30-16)24-10-6-7-13-28-24/h4-10,13-15,17-18H,11-12H2,1-3H3. The molecule has 170 valence electrons. The van der Waals surface area contributed by atoms with Crippen LogP contribution in [0.1, 0.15) is 59.2 Å². The summed E-state index contributed by atoms with van der Waals surface area (Å²) in [6.07, 6.45) is 3.92. The fraction of sp³-hybridized carbons (Fsp3) is 0.259. The number of fused-ring (bicyclic) bond motifs is 2. The van der Waals surface area contributed by atoms with E-state index in [2.05, 4.69) is 4.98 Å². The van der Waals surface area contributed by atoms with E-state index in [0.717, 1.165) is 46.3 Å². The zero-order valence-electron chi connectivity index (χ0n) is 19.4. The first-order valence-corrected chi connectivity index (χ1v) is 11.6. The van der Waals surface area contributed by atoms with Crippen LogP contribution < -0.4 is 0 Å². The molecule has 7 heteroatoms. The van der Waals surface area contributed by atoms with Crippen molar-refractivity contribution in [3.05, 3.63) is 83.5 Å². The second-order valence-electron chi connectivity index (χ2n) is 9.03. The average molecular weight is 452 g/mol. The number of hydrogen-bond acceptors (Lipinski definition) is 5. The first-order valence-electron chi connectivity index (χ1n) is 11.6. The first-order chi connectivity index (χ1) is 16.5. The lowest BCUT2D eigenvalue weighted by molar-refractivity contribution is 0.0729. The minimum atomic E-state index is -0.237. The van der Waals surface area contributed by atoms with Crippen LogP contribution in [0.2, 0.25) is 0 Å². The molecule has 1 saturated carbocycles. The van der Waals surface area contributed by atoms with E-state index < -0.39 is 0 Å². The Hall–Kier alpha value is -4.00. The monoisotopic (exact) mass is 451 g/mol. The van der Waals surface area contributed by atoms with Gasteiger partial charge in [-0.25, -0.2) is 9.97 Å². The number of pyridine rings is 2. The van der Waals surface area contributed by atoms with Crippen LogP contribution in [-0.4, -0.2) is 37.6 Å². The number of aryl methyl sites for hydroxylation is 1. The molecule has 1 aliphatic carbocycles. The molecule has 7 nitrogen and oxygen atoms in total. The summed E-state index contributed by atoms with van der Waals surface area (Å²) in [6.45, 7) is 3.90. The summed E-state index contributed by atoms with van der Waals surface area (Å²) in [7, 11) is 1.82. The highest BCUT2D eigenvalue weighted by Crippen LogP contribution is 2.41. The molecular formula is C27H25N5O2. The maximum absolute atomic E-state index is 13.9. The van der Waals surface area contributed by atoms with Gasteiger partial charge in [0.15, 0.2) is 11.5 Å². The van der Waals surface area contributed by atoms with Gasteiger partial charge in [0.2, 0.25) is 0 Å². The molecule has 0 saturated heterocycles. The molecule has 1 aliphatic rings. The number of para-hydroxylation sites is 1. The molecular weight excluding hydrogens is 426 g/mol. The second kappa shape index (κ2) is 7.80. The van der Waals surface area contributed by atoms with E-state index in [1.807, 2.05) is 75.5 Å². The molecule has 1 aromatic carbocycles. The largest absolute Gasteiger partial charge is 0.459 e. The van der Waals surface area contributed by atoms with Gasteiger partial charge in [-0.05, 0) is 57.0 Å². The van der Waals surface area contributed by atoms with Gasteiger partial charge >= 0.3 is 0 Å². The summed E-state index contributed by atoms with van der Waals surface area (Å²) in [6, 6.07) is 17.3. The maximum Gasteiger partial charge on any atom is 0.255 e. The van der Waals surface area contributed by atoms with Crippen LogP contribution in [0, 0.1) is 6.92 Å². The number of aromatic nitrogens is 4. The van der Waals surface area contributed by atoms with Crippen molar-refractivity contribution in [3.8, 4) is 5.82 Å². The van der Waals surface area contributed by atoms with Crippen molar-refractivity contribution in [1.82, 2.24) is 24.6 Å². The molecule has 4 heterocycles. The highest BCUT2D eigenvalue weighted by molar-refractivity contribution is 6.07. The normalized spacial score (nSPS) is 14.6. The fourth-order valence-corrected chi connectivity index (χ4v) is 4.47. The van der Waals surface area contributed by atoms with Gasteiger partial charge in [0, 0.05) is 30.2 Å². The van der Waals surface area contributed by atoms with Gasteiger partial charge in [-0.2, -0.15) is 9.78 Å². The van der Waals surface area contributed by atoms with Crippen LogP contribution >= 0.6 is 0 Å². The third kappa shape index (κ3) is 3.36. The highest BCUT2D eigenvalue weighted by Gasteiger charge is 2.31. The molecule has 1 atom stereocenters. The minimum Gasteiger partial charge on any atom is -0.459 e. The summed E-state index contributed by atoms with van der Waals surface area (Å²) >= 11 is 0. The van der Waals surface area contributed by atoms with Crippen molar-refractivity contribution >= 4 is 27.9 Å². The van der Waals surface area contributed by atoms with Gasteiger partial charge in [-0.15, -0.1) is 0 Å². The molecule has 1 amide bonds. The molecule has 1 unspecified atom stereocenters. The SMILES string of the molecule is Cc1nn(-c2ccccn2)c2nc(C3CC3)cc(C(=O)N(C)C(C)c3cc4ccccc4o3)c12. The smallest absolute Gasteiger partial charge is 0.255 e. The number of carbonyl (C=O) groups excluding carboxylic acids is 1. The molecule has 0 N–H and O–H groups in total. The molecule has 0 aliphatic heterocycles. The molecule has 34 heavy (non-hydrogen) atoms. The summed E-state index contributed by atoms with van der Waals surface area (Å²) in [5, 5.41) is 6.51. The molecule has 5 aromatic rings. The lowest BCUT2D eigenvalue weighted by Gasteiger charge is -2.24. The Morgan fingerprint density at radius 3 is 2.68 bits per heavy atom. The van der Waals surface area contributed by atoms with E-state index in [4.69, 9.17) is 14.5 Å². The molecule has 4 aromatic heterocycles. The van der Waals surface area contributed by atoms with Gasteiger partial charge in [0.1, 0.15) is 11.3 Å². The van der Waals surface area contributed by atoms with Gasteiger partial charge in [0.05, 0.1) is 22.7 Å². The van der Waals surface area contributed by atoms with Crippen LogP contribution in [0.15, 0.2) is 65.2 Å². The van der Waals surface area contributed by atoms with Crippen molar-refractivity contribution < 1.29 is 9.21 Å². The van der Waals surface area contributed by atoms with E-state index >= 15 is 0 Å². The number of nitrogens with zero attached hydrogens (tertiary/aromatic N) is 5. The number of rotatable bonds is 5. The maximum atomic E-state index is 13.9. The van der Waals surface area contributed by atoms with E-state index in [0.29, 0.717) is 22.9 Å². The number of carbonyl (C=O) groups is 1. The van der Waals surface area contributed by atoms with Crippen LogP contribution in [0.5, 0.6) is 0 Å². The Morgan fingerprint density at radius 1 is 1.15 bits per heavy atom. The molecule has 0 radical (unpaired) electrons. The third-order valence-corrected chi connectivity index (χ3v) is 6.68. The summed E-state index contributed by atoms with van der Waals surface area (Å²) in [4.78, 5) is 25.0. The predicted octanol–water partition coefficient (Wildman–Crippen LogP) is 5.58. The lowest BCUT2D eigenvalue weighted by atomic mass is 10.1. The van der Waals surface area contributed by atoms with E-state index in [9.17, 15) is 4.79 Å². The van der Waals surface area contributed by atoms with Gasteiger partial charge in [0.25, 0.3) is 5.91 Å². The molecule has 0 spiro atoms. The van der Waals surface area contributed by atoms with E-state index in [1.54, 1.807) is 15.8 Å². The van der Waals surface area contributed by atoms with Gasteiger partial charge < -0.3 is 9.32 Å². The van der Waals surface area contributed by atoms with Crippen molar-refractivity contribution in [2.24, 2.45) is 0 Å². The van der Waals surface area contributed by atoms with Crippen LogP contribution in [0.4, 0.5) is 0 Å². The summed E-state index contributed by atoms with van der Waals surface area (Å²) in [5.74, 6) is 1.75. The van der Waals surface area contributed by atoms with Gasteiger partial charge in [-0.1, -0.05) is 24.3 Å². The fourth-order valence-electron chi connectivity index (χ4n) is 4.47. The second-order valence-corrected chi connectivity index (χ2v) is 9.03. The van der Waals surface area contributed by atoms with Crippen LogP contribution in [0.3, 0.4) is 0 Å². The molecule has 1 fully saturated rings.